The molecule has 10 nitrogen and oxygen atoms in total. The summed E-state index contributed by atoms with van der Waals surface area (Å²) in [6.07, 6.45) is -3.57. The van der Waals surface area contributed by atoms with Gasteiger partial charge in [-0.25, -0.2) is 26.9 Å². The highest BCUT2D eigenvalue weighted by molar-refractivity contribution is 5.97. The minimum Gasteiger partial charge on any atom is -0.399 e. The number of nitrogens with one attached hydrogen (secondary N) is 2. The van der Waals surface area contributed by atoms with Gasteiger partial charge in [0.15, 0.2) is 34.9 Å². The Bertz CT molecular complexity index is 1930. The number of amidine groups is 1. The van der Waals surface area contributed by atoms with Gasteiger partial charge in [0.1, 0.15) is 13.2 Å². The third kappa shape index (κ3) is 8.43. The van der Waals surface area contributed by atoms with Gasteiger partial charge in [-0.05, 0) is 37.6 Å². The van der Waals surface area contributed by atoms with Gasteiger partial charge >= 0.3 is 6.18 Å². The molecule has 0 atom stereocenters. The zero-order valence-electron chi connectivity index (χ0n) is 25.6. The summed E-state index contributed by atoms with van der Waals surface area (Å²) in [4.78, 5) is 35.0. The fourth-order valence-corrected chi connectivity index (χ4v) is 4.40. The van der Waals surface area contributed by atoms with Gasteiger partial charge in [-0.2, -0.15) is 13.2 Å². The summed E-state index contributed by atoms with van der Waals surface area (Å²) in [5.41, 5.74) is 8.77. The van der Waals surface area contributed by atoms with Crippen molar-refractivity contribution in [1.29, 1.82) is 0 Å². The summed E-state index contributed by atoms with van der Waals surface area (Å²) >= 11 is 0. The number of benzene rings is 3. The van der Waals surface area contributed by atoms with E-state index in [1.54, 1.807) is 13.8 Å². The van der Waals surface area contributed by atoms with Crippen LogP contribution >= 0.6 is 0 Å². The van der Waals surface area contributed by atoms with Crippen LogP contribution in [0.5, 0.6) is 0 Å². The molecule has 0 bridgehead atoms. The first-order chi connectivity index (χ1) is 23.0. The highest BCUT2D eigenvalue weighted by Gasteiger charge is 2.32. The van der Waals surface area contributed by atoms with E-state index in [0.717, 1.165) is 22.9 Å². The van der Waals surface area contributed by atoms with Gasteiger partial charge in [0, 0.05) is 29.4 Å². The van der Waals surface area contributed by atoms with E-state index in [0.29, 0.717) is 5.56 Å². The summed E-state index contributed by atoms with van der Waals surface area (Å²) < 4.78 is 109. The van der Waals surface area contributed by atoms with Crippen molar-refractivity contribution < 1.29 is 44.8 Å². The molecular weight excluding hydrogens is 670 g/mol. The van der Waals surface area contributed by atoms with Crippen LogP contribution in [0.2, 0.25) is 0 Å². The molecule has 0 radical (unpaired) electrons. The van der Waals surface area contributed by atoms with E-state index in [2.05, 4.69) is 20.8 Å². The van der Waals surface area contributed by atoms with Crippen molar-refractivity contribution in [3.05, 3.63) is 110 Å². The third-order valence-corrected chi connectivity index (χ3v) is 6.77. The average Bonchev–Trinajstić information content (AvgIpc) is 3.04. The number of aromatic nitrogens is 2. The molecule has 6 N–H and O–H groups in total. The maximum absolute atomic E-state index is 13.8. The van der Waals surface area contributed by atoms with Crippen LogP contribution in [-0.2, 0) is 35.5 Å². The van der Waals surface area contributed by atoms with E-state index in [1.807, 2.05) is 0 Å². The summed E-state index contributed by atoms with van der Waals surface area (Å²) in [5.74, 6) is -11.9. The molecule has 0 saturated carbocycles. The van der Waals surface area contributed by atoms with E-state index in [-0.39, 0.29) is 46.7 Å². The second-order valence-electron chi connectivity index (χ2n) is 10.8. The van der Waals surface area contributed by atoms with Crippen LogP contribution in [0.1, 0.15) is 36.1 Å². The number of rotatable bonds is 11. The molecule has 4 aromatic rings. The highest BCUT2D eigenvalue weighted by atomic mass is 19.4. The van der Waals surface area contributed by atoms with Crippen molar-refractivity contribution in [2.45, 2.75) is 45.8 Å². The fourth-order valence-electron chi connectivity index (χ4n) is 4.40. The number of oxime groups is 1. The van der Waals surface area contributed by atoms with Crippen molar-refractivity contribution in [2.75, 3.05) is 11.1 Å². The third-order valence-electron chi connectivity index (χ3n) is 6.77. The number of carbonyl (C=O) groups excluding carboxylic acids is 1. The van der Waals surface area contributed by atoms with Gasteiger partial charge in [0.25, 0.3) is 5.56 Å². The lowest BCUT2D eigenvalue weighted by Crippen LogP contribution is -2.35. The van der Waals surface area contributed by atoms with Crippen molar-refractivity contribution in [1.82, 2.24) is 14.9 Å². The first-order valence-electron chi connectivity index (χ1n) is 14.1. The first kappa shape index (κ1) is 36.2. The standard InChI is InChI=1S/C31H27F8N7O3/c1-14(2)44-29-30(48)46(21(11-43-29)17-7-18(31(37,38)39)9-19(40)8-17)12-22(47)42-10-15-3-5-16(6-4-15)28(41)45-49-13-20-23(32)25(34)27(36)26(35)24(20)33/h3-9,11,14H,10,12-13,40H2,1-2H3,(H2,41,45)(H,42,47)(H,43,44). The van der Waals surface area contributed by atoms with Crippen LogP contribution in [-0.4, -0.2) is 27.3 Å². The molecule has 1 heterocycles. The fraction of sp³-hybridized carbons (Fsp3) is 0.226. The second-order valence-corrected chi connectivity index (χ2v) is 10.8. The largest absolute Gasteiger partial charge is 0.416 e. The molecular formula is C31H27F8N7O3. The molecule has 18 heteroatoms. The van der Waals surface area contributed by atoms with Crippen LogP contribution in [0.3, 0.4) is 0 Å². The zero-order chi connectivity index (χ0) is 36.2. The second kappa shape index (κ2) is 14.6. The maximum Gasteiger partial charge on any atom is 0.416 e. The smallest absolute Gasteiger partial charge is 0.399 e. The Balaban J connectivity index is 1.47. The number of nitrogens with zero attached hydrogens (tertiary/aromatic N) is 3. The number of carbonyl (C=O) groups is 1. The van der Waals surface area contributed by atoms with Gasteiger partial charge in [-0.15, -0.1) is 0 Å². The van der Waals surface area contributed by atoms with Gasteiger partial charge in [-0.3, -0.25) is 14.2 Å². The van der Waals surface area contributed by atoms with Crippen molar-refractivity contribution in [3.63, 3.8) is 0 Å². The number of halogens is 8. The lowest BCUT2D eigenvalue weighted by molar-refractivity contribution is -0.137. The van der Waals surface area contributed by atoms with E-state index < -0.39 is 71.0 Å². The van der Waals surface area contributed by atoms with E-state index in [4.69, 9.17) is 16.3 Å². The molecule has 1 amide bonds. The predicted octanol–water partition coefficient (Wildman–Crippen LogP) is 5.18. The van der Waals surface area contributed by atoms with E-state index in [9.17, 15) is 44.7 Å². The van der Waals surface area contributed by atoms with Crippen LogP contribution < -0.4 is 27.7 Å². The van der Waals surface area contributed by atoms with Gasteiger partial charge in [0.05, 0.1) is 23.0 Å². The molecule has 260 valence electrons. The number of nitrogen functional groups attached to an aromatic ring is 1. The molecule has 0 spiro atoms. The van der Waals surface area contributed by atoms with Crippen molar-refractivity contribution in [2.24, 2.45) is 10.9 Å². The van der Waals surface area contributed by atoms with Crippen molar-refractivity contribution >= 4 is 23.2 Å². The Morgan fingerprint density at radius 2 is 1.59 bits per heavy atom. The molecule has 0 aliphatic heterocycles. The maximum atomic E-state index is 13.8. The van der Waals surface area contributed by atoms with Crippen LogP contribution in [0.15, 0.2) is 58.6 Å². The Hall–Kier alpha value is -5.68. The molecule has 0 fully saturated rings. The highest BCUT2D eigenvalue weighted by Crippen LogP contribution is 2.34. The van der Waals surface area contributed by atoms with Gasteiger partial charge in [0.2, 0.25) is 11.7 Å². The molecule has 1 aromatic heterocycles. The average molecular weight is 698 g/mol. The van der Waals surface area contributed by atoms with Gasteiger partial charge in [-0.1, -0.05) is 29.4 Å². The molecule has 0 saturated heterocycles. The number of alkyl halides is 3. The molecule has 0 aliphatic carbocycles. The molecule has 0 unspecified atom stereocenters. The summed E-state index contributed by atoms with van der Waals surface area (Å²) in [5, 5.41) is 8.86. The Morgan fingerprint density at radius 3 is 2.18 bits per heavy atom. The molecule has 3 aromatic carbocycles. The van der Waals surface area contributed by atoms with Crippen LogP contribution in [0, 0.1) is 29.1 Å². The predicted molar refractivity (Wildman–Crippen MR) is 162 cm³/mol. The lowest BCUT2D eigenvalue weighted by Gasteiger charge is -2.17. The van der Waals surface area contributed by atoms with Gasteiger partial charge < -0.3 is 26.9 Å². The number of hydrogen-bond donors (Lipinski definition) is 4. The quantitative estimate of drug-likeness (QED) is 0.0321. The normalized spacial score (nSPS) is 11.9. The monoisotopic (exact) mass is 697 g/mol. The number of amides is 1. The SMILES string of the molecule is CC(C)Nc1ncc(-c2cc(N)cc(C(F)(F)F)c2)n(CC(=O)NCc2ccc(/C(N)=N/OCc3c(F)c(F)c(F)c(F)c3F)cc2)c1=O. The Kier molecular flexibility index (Phi) is 10.8. The molecule has 0 aliphatic rings. The minimum absolute atomic E-state index is 0.0737. The molecule has 49 heavy (non-hydrogen) atoms. The summed E-state index contributed by atoms with van der Waals surface area (Å²) in [7, 11) is 0. The van der Waals surface area contributed by atoms with Crippen LogP contribution in [0.25, 0.3) is 11.3 Å². The number of hydrogen-bond acceptors (Lipinski definition) is 7. The van der Waals surface area contributed by atoms with E-state index in [1.165, 1.54) is 30.3 Å². The Morgan fingerprint density at radius 1 is 0.980 bits per heavy atom. The van der Waals surface area contributed by atoms with E-state index >= 15 is 0 Å². The Labute approximate surface area is 272 Å². The number of anilines is 2. The zero-order valence-corrected chi connectivity index (χ0v) is 25.6. The first-order valence-corrected chi connectivity index (χ1v) is 14.1. The topological polar surface area (TPSA) is 150 Å². The minimum atomic E-state index is -4.73. The lowest BCUT2D eigenvalue weighted by atomic mass is 10.1. The summed E-state index contributed by atoms with van der Waals surface area (Å²) in [6, 6.07) is 8.36. The van der Waals surface area contributed by atoms with Crippen molar-refractivity contribution in [3.8, 4) is 11.3 Å². The van der Waals surface area contributed by atoms with Crippen LogP contribution in [0.4, 0.5) is 46.6 Å². The molecule has 4 rings (SSSR count). The summed E-state index contributed by atoms with van der Waals surface area (Å²) in [6.45, 7) is 1.68. The number of nitrogens with two attached hydrogens (primary N) is 2.